The largest absolute Gasteiger partial charge is 0.479 e. The molecule has 2 N–H and O–H groups in total. The highest BCUT2D eigenvalue weighted by atomic mass is 35.5. The van der Waals surface area contributed by atoms with Crippen molar-refractivity contribution < 1.29 is 31.7 Å². The molecule has 0 spiro atoms. The van der Waals surface area contributed by atoms with Gasteiger partial charge in [-0.3, -0.25) is 0 Å². The lowest BCUT2D eigenvalue weighted by Gasteiger charge is -2.14. The van der Waals surface area contributed by atoms with Crippen molar-refractivity contribution in [2.75, 3.05) is 12.1 Å². The SMILES string of the molecule is O=C(O)COc1c(Cl)cc(Cl)cc1S(=O)(=O)ONc1cc(-c2ccccc2)ccc1F. The number of anilines is 1. The maximum Gasteiger partial charge on any atom is 0.341 e. The Morgan fingerprint density at radius 2 is 1.74 bits per heavy atom. The van der Waals surface area contributed by atoms with E-state index in [0.29, 0.717) is 5.56 Å². The van der Waals surface area contributed by atoms with E-state index in [1.165, 1.54) is 18.2 Å². The third-order valence-corrected chi connectivity index (χ3v) is 5.56. The van der Waals surface area contributed by atoms with E-state index < -0.39 is 39.2 Å². The molecule has 0 saturated heterocycles. The van der Waals surface area contributed by atoms with Gasteiger partial charge in [0.05, 0.1) is 10.7 Å². The third-order valence-electron chi connectivity index (χ3n) is 3.92. The maximum absolute atomic E-state index is 14.2. The number of carboxylic acid groups (broad SMARTS) is 1. The number of hydrogen-bond donors (Lipinski definition) is 2. The molecule has 0 unspecified atom stereocenters. The molecule has 3 aromatic rings. The van der Waals surface area contributed by atoms with Crippen molar-refractivity contribution in [2.45, 2.75) is 4.90 Å². The summed E-state index contributed by atoms with van der Waals surface area (Å²) >= 11 is 11.8. The van der Waals surface area contributed by atoms with Crippen LogP contribution in [-0.2, 0) is 19.2 Å². The van der Waals surface area contributed by atoms with Crippen molar-refractivity contribution in [3.05, 3.63) is 76.5 Å². The van der Waals surface area contributed by atoms with Crippen LogP contribution in [0.3, 0.4) is 0 Å². The first-order valence-electron chi connectivity index (χ1n) is 8.55. The van der Waals surface area contributed by atoms with Gasteiger partial charge < -0.3 is 9.84 Å². The Bertz CT molecular complexity index is 1220. The Balaban J connectivity index is 1.89. The van der Waals surface area contributed by atoms with E-state index in [4.69, 9.17) is 37.3 Å². The van der Waals surface area contributed by atoms with Gasteiger partial charge in [0.15, 0.2) is 12.4 Å². The predicted molar refractivity (Wildman–Crippen MR) is 113 cm³/mol. The zero-order chi connectivity index (χ0) is 22.6. The van der Waals surface area contributed by atoms with Crippen LogP contribution < -0.4 is 10.2 Å². The number of hydrogen-bond acceptors (Lipinski definition) is 6. The molecule has 3 rings (SSSR count). The molecule has 162 valence electrons. The monoisotopic (exact) mass is 485 g/mol. The highest BCUT2D eigenvalue weighted by molar-refractivity contribution is 7.87. The van der Waals surface area contributed by atoms with E-state index >= 15 is 0 Å². The van der Waals surface area contributed by atoms with Gasteiger partial charge in [0.1, 0.15) is 10.7 Å². The average molecular weight is 486 g/mol. The van der Waals surface area contributed by atoms with E-state index in [1.807, 2.05) is 6.07 Å². The van der Waals surface area contributed by atoms with Gasteiger partial charge in [-0.15, -0.1) is 4.28 Å². The van der Waals surface area contributed by atoms with Crippen molar-refractivity contribution >= 4 is 45.0 Å². The van der Waals surface area contributed by atoms with Crippen LogP contribution in [0.5, 0.6) is 5.75 Å². The fourth-order valence-corrected chi connectivity index (χ4v) is 4.18. The topological polar surface area (TPSA) is 102 Å². The number of ether oxygens (including phenoxy) is 1. The standard InChI is InChI=1S/C20H14Cl2FNO6S/c21-14-9-15(22)20(29-11-19(25)26)18(10-14)31(27,28)30-24-17-8-13(6-7-16(17)23)12-4-2-1-3-5-12/h1-10,24H,11H2,(H,25,26). The predicted octanol–water partition coefficient (Wildman–Crippen LogP) is 5.00. The second kappa shape index (κ2) is 9.52. The molecule has 0 atom stereocenters. The number of carboxylic acids is 1. The van der Waals surface area contributed by atoms with Crippen molar-refractivity contribution in [2.24, 2.45) is 0 Å². The summed E-state index contributed by atoms with van der Waals surface area (Å²) in [6.45, 7) is -0.856. The van der Waals surface area contributed by atoms with Crippen molar-refractivity contribution in [3.63, 3.8) is 0 Å². The van der Waals surface area contributed by atoms with Crippen LogP contribution >= 0.6 is 23.2 Å². The van der Waals surface area contributed by atoms with E-state index in [-0.39, 0.29) is 15.7 Å². The summed E-state index contributed by atoms with van der Waals surface area (Å²) < 4.78 is 49.3. The molecule has 0 radical (unpaired) electrons. The van der Waals surface area contributed by atoms with Crippen LogP contribution in [0.4, 0.5) is 10.1 Å². The minimum absolute atomic E-state index is 0.0629. The molecule has 0 saturated carbocycles. The first-order chi connectivity index (χ1) is 14.7. The summed E-state index contributed by atoms with van der Waals surface area (Å²) in [7, 11) is -4.64. The quantitative estimate of drug-likeness (QED) is 0.433. The van der Waals surface area contributed by atoms with Crippen molar-refractivity contribution in [3.8, 4) is 16.9 Å². The summed E-state index contributed by atoms with van der Waals surface area (Å²) in [5, 5.41) is 8.48. The van der Waals surface area contributed by atoms with E-state index in [1.54, 1.807) is 24.3 Å². The molecule has 0 aliphatic carbocycles. The molecular formula is C20H14Cl2FNO6S. The molecule has 0 fully saturated rings. The fourth-order valence-electron chi connectivity index (χ4n) is 2.55. The van der Waals surface area contributed by atoms with Crippen molar-refractivity contribution in [1.29, 1.82) is 0 Å². The number of carbonyl (C=O) groups is 1. The van der Waals surface area contributed by atoms with Gasteiger partial charge in [-0.25, -0.2) is 14.7 Å². The van der Waals surface area contributed by atoms with E-state index in [2.05, 4.69) is 5.48 Å². The Labute approximate surface area is 187 Å². The van der Waals surface area contributed by atoms with Gasteiger partial charge in [-0.05, 0) is 35.4 Å². The zero-order valence-electron chi connectivity index (χ0n) is 15.5. The molecular weight excluding hydrogens is 472 g/mol. The van der Waals surface area contributed by atoms with Crippen LogP contribution in [0.25, 0.3) is 11.1 Å². The third kappa shape index (κ3) is 5.65. The zero-order valence-corrected chi connectivity index (χ0v) is 17.8. The molecule has 0 heterocycles. The second-order valence-electron chi connectivity index (χ2n) is 6.10. The first kappa shape index (κ1) is 22.8. The van der Waals surface area contributed by atoms with Crippen LogP contribution in [0, 0.1) is 5.82 Å². The van der Waals surface area contributed by atoms with Gasteiger partial charge in [-0.2, -0.15) is 8.42 Å². The minimum atomic E-state index is -4.64. The lowest BCUT2D eigenvalue weighted by molar-refractivity contribution is -0.139. The number of nitrogens with one attached hydrogen (secondary N) is 1. The van der Waals surface area contributed by atoms with Crippen LogP contribution in [0.15, 0.2) is 65.6 Å². The second-order valence-corrected chi connectivity index (χ2v) is 8.46. The van der Waals surface area contributed by atoms with Gasteiger partial charge in [-0.1, -0.05) is 59.6 Å². The lowest BCUT2D eigenvalue weighted by Crippen LogP contribution is -2.16. The van der Waals surface area contributed by atoms with Crippen LogP contribution in [0.1, 0.15) is 0 Å². The summed E-state index contributed by atoms with van der Waals surface area (Å²) in [5.41, 5.74) is 3.22. The molecule has 0 aromatic heterocycles. The molecule has 0 amide bonds. The van der Waals surface area contributed by atoms with Crippen LogP contribution in [-0.4, -0.2) is 26.1 Å². The number of aliphatic carboxylic acids is 1. The lowest BCUT2D eigenvalue weighted by atomic mass is 10.1. The van der Waals surface area contributed by atoms with Gasteiger partial charge in [0, 0.05) is 5.02 Å². The summed E-state index contributed by atoms with van der Waals surface area (Å²) in [4.78, 5) is 10.2. The summed E-state index contributed by atoms with van der Waals surface area (Å²) in [6.07, 6.45) is 0. The Kier molecular flexibility index (Phi) is 7.01. The fraction of sp³-hybridized carbons (Fsp3) is 0.0500. The van der Waals surface area contributed by atoms with Crippen LogP contribution in [0.2, 0.25) is 10.0 Å². The molecule has 0 aliphatic rings. The molecule has 3 aromatic carbocycles. The van der Waals surface area contributed by atoms with Gasteiger partial charge in [0.25, 0.3) is 0 Å². The smallest absolute Gasteiger partial charge is 0.341 e. The van der Waals surface area contributed by atoms with Crippen molar-refractivity contribution in [1.82, 2.24) is 0 Å². The van der Waals surface area contributed by atoms with Gasteiger partial charge >= 0.3 is 16.1 Å². The van der Waals surface area contributed by atoms with Gasteiger partial charge in [0.2, 0.25) is 0 Å². The highest BCUT2D eigenvalue weighted by Gasteiger charge is 2.26. The summed E-state index contributed by atoms with van der Waals surface area (Å²) in [5.74, 6) is -2.58. The number of benzene rings is 3. The van der Waals surface area contributed by atoms with E-state index in [0.717, 1.165) is 17.7 Å². The molecule has 0 aliphatic heterocycles. The molecule has 0 bridgehead atoms. The number of rotatable bonds is 8. The number of halogens is 3. The summed E-state index contributed by atoms with van der Waals surface area (Å²) in [6, 6.07) is 15.2. The molecule has 7 nitrogen and oxygen atoms in total. The highest BCUT2D eigenvalue weighted by Crippen LogP contribution is 2.36. The Morgan fingerprint density at radius 1 is 1.03 bits per heavy atom. The van der Waals surface area contributed by atoms with E-state index in [9.17, 15) is 17.6 Å². The minimum Gasteiger partial charge on any atom is -0.479 e. The average Bonchev–Trinajstić information content (AvgIpc) is 2.72. The normalized spacial score (nSPS) is 11.2. The Morgan fingerprint density at radius 3 is 2.42 bits per heavy atom. The molecule has 31 heavy (non-hydrogen) atoms. The maximum atomic E-state index is 14.2. The first-order valence-corrected chi connectivity index (χ1v) is 10.7. The Hall–Kier alpha value is -2.85. The molecule has 11 heteroatoms.